The molecular formula is C11H29N4OP. The van der Waals surface area contributed by atoms with E-state index in [1.54, 1.807) is 14.0 Å². The quantitative estimate of drug-likeness (QED) is 0.783. The zero-order valence-corrected chi connectivity index (χ0v) is 13.1. The minimum atomic E-state index is -2.44. The minimum Gasteiger partial charge on any atom is -0.317 e. The van der Waals surface area contributed by atoms with E-state index in [0.29, 0.717) is 0 Å². The predicted octanol–water partition coefficient (Wildman–Crippen LogP) is 1.54. The van der Waals surface area contributed by atoms with Crippen LogP contribution in [0.5, 0.6) is 0 Å². The summed E-state index contributed by atoms with van der Waals surface area (Å²) in [5.74, 6) is 0. The molecule has 0 atom stereocenters. The molecule has 6 heteroatoms. The van der Waals surface area contributed by atoms with Crippen LogP contribution in [0.1, 0.15) is 19.3 Å². The third kappa shape index (κ3) is 5.49. The zero-order valence-electron chi connectivity index (χ0n) is 12.2. The summed E-state index contributed by atoms with van der Waals surface area (Å²) < 4.78 is 17.3. The third-order valence-corrected chi connectivity index (χ3v) is 5.90. The third-order valence-electron chi connectivity index (χ3n) is 2.77. The van der Waals surface area contributed by atoms with E-state index < -0.39 is 7.59 Å². The van der Waals surface area contributed by atoms with Gasteiger partial charge in [0.25, 0.3) is 7.59 Å². The van der Waals surface area contributed by atoms with E-state index in [0.717, 1.165) is 0 Å². The standard InChI is InChI=1S/C6H18N3OP.C5H11N/c1-7(2)11(10,8(3)4)9(5)6;1-2-4-6-5-3-1/h1-6H3;6H,1-5H2. The van der Waals surface area contributed by atoms with Crippen molar-refractivity contribution in [3.8, 4) is 0 Å². The molecule has 1 aliphatic heterocycles. The SMILES string of the molecule is C1CCNCC1.CN(C)P(=O)(N(C)C)N(C)C. The monoisotopic (exact) mass is 264 g/mol. The zero-order chi connectivity index (χ0) is 13.5. The summed E-state index contributed by atoms with van der Waals surface area (Å²) in [6.07, 6.45) is 4.22. The smallest absolute Gasteiger partial charge is 0.285 e. The fraction of sp³-hybridized carbons (Fsp3) is 1.00. The van der Waals surface area contributed by atoms with Crippen molar-refractivity contribution in [3.05, 3.63) is 0 Å². The molecule has 0 aromatic rings. The van der Waals surface area contributed by atoms with Crippen molar-refractivity contribution in [3.63, 3.8) is 0 Å². The molecule has 0 aromatic carbocycles. The highest BCUT2D eigenvalue weighted by molar-refractivity contribution is 7.56. The maximum atomic E-state index is 12.1. The summed E-state index contributed by atoms with van der Waals surface area (Å²) in [5, 5.41) is 3.28. The van der Waals surface area contributed by atoms with Gasteiger partial charge in [-0.15, -0.1) is 0 Å². The molecule has 0 aliphatic carbocycles. The van der Waals surface area contributed by atoms with Crippen LogP contribution in [0, 0.1) is 0 Å². The van der Waals surface area contributed by atoms with Gasteiger partial charge in [0.1, 0.15) is 0 Å². The highest BCUT2D eigenvalue weighted by atomic mass is 31.2. The van der Waals surface area contributed by atoms with E-state index in [1.807, 2.05) is 42.3 Å². The van der Waals surface area contributed by atoms with Crippen LogP contribution in [0.3, 0.4) is 0 Å². The molecule has 1 saturated heterocycles. The maximum absolute atomic E-state index is 12.1. The number of rotatable bonds is 3. The Bertz CT molecular complexity index is 200. The normalized spacial score (nSPS) is 17.2. The van der Waals surface area contributed by atoms with Crippen LogP contribution in [0.25, 0.3) is 0 Å². The van der Waals surface area contributed by atoms with Gasteiger partial charge in [-0.2, -0.15) is 0 Å². The van der Waals surface area contributed by atoms with Gasteiger partial charge in [0.05, 0.1) is 0 Å². The lowest BCUT2D eigenvalue weighted by atomic mass is 10.2. The molecule has 5 nitrogen and oxygen atoms in total. The van der Waals surface area contributed by atoms with Gasteiger partial charge >= 0.3 is 0 Å². The number of hydrogen-bond donors (Lipinski definition) is 1. The van der Waals surface area contributed by atoms with Gasteiger partial charge in [-0.1, -0.05) is 6.42 Å². The summed E-state index contributed by atoms with van der Waals surface area (Å²) in [4.78, 5) is 0. The molecule has 0 radical (unpaired) electrons. The molecule has 104 valence electrons. The van der Waals surface area contributed by atoms with Crippen LogP contribution >= 0.6 is 7.59 Å². The minimum absolute atomic E-state index is 1.25. The summed E-state index contributed by atoms with van der Waals surface area (Å²) in [7, 11) is 8.49. The first-order valence-corrected chi connectivity index (χ1v) is 7.74. The van der Waals surface area contributed by atoms with Gasteiger partial charge in [0, 0.05) is 0 Å². The van der Waals surface area contributed by atoms with E-state index in [-0.39, 0.29) is 0 Å². The number of hydrogen-bond acceptors (Lipinski definition) is 2. The summed E-state index contributed by atoms with van der Waals surface area (Å²) in [6.45, 7) is 2.50. The van der Waals surface area contributed by atoms with Crippen LogP contribution in [0.4, 0.5) is 0 Å². The molecule has 0 spiro atoms. The molecule has 0 saturated carbocycles. The molecule has 0 amide bonds. The van der Waals surface area contributed by atoms with Crippen LogP contribution in [0.15, 0.2) is 0 Å². The molecule has 0 aromatic heterocycles. The second-order valence-corrected chi connectivity index (χ2v) is 8.29. The Morgan fingerprint density at radius 1 is 0.765 bits per heavy atom. The van der Waals surface area contributed by atoms with Crippen LogP contribution < -0.4 is 5.32 Å². The average Bonchev–Trinajstić information content (AvgIpc) is 2.30. The van der Waals surface area contributed by atoms with Gasteiger partial charge in [-0.05, 0) is 68.2 Å². The molecule has 1 N–H and O–H groups in total. The van der Waals surface area contributed by atoms with Gasteiger partial charge in [0.15, 0.2) is 0 Å². The number of nitrogens with zero attached hydrogens (tertiary/aromatic N) is 3. The van der Waals surface area contributed by atoms with Gasteiger partial charge < -0.3 is 5.32 Å². The van der Waals surface area contributed by atoms with Crippen LogP contribution in [-0.2, 0) is 4.57 Å². The molecule has 1 aliphatic rings. The molecule has 0 unspecified atom stereocenters. The highest BCUT2D eigenvalue weighted by Gasteiger charge is 2.30. The van der Waals surface area contributed by atoms with Gasteiger partial charge in [0.2, 0.25) is 0 Å². The molecule has 17 heavy (non-hydrogen) atoms. The van der Waals surface area contributed by atoms with Crippen LogP contribution in [-0.4, -0.2) is 69.4 Å². The predicted molar refractivity (Wildman–Crippen MR) is 75.4 cm³/mol. The molecule has 1 rings (SSSR count). The van der Waals surface area contributed by atoms with E-state index in [2.05, 4.69) is 5.32 Å². The highest BCUT2D eigenvalue weighted by Crippen LogP contribution is 2.50. The molecule has 1 fully saturated rings. The number of piperidine rings is 1. The molecular weight excluding hydrogens is 235 g/mol. The average molecular weight is 264 g/mol. The Labute approximate surface area is 107 Å². The Morgan fingerprint density at radius 3 is 1.18 bits per heavy atom. The fourth-order valence-corrected chi connectivity index (χ4v) is 4.02. The number of nitrogens with one attached hydrogen (secondary N) is 1. The van der Waals surface area contributed by atoms with E-state index in [9.17, 15) is 4.57 Å². The Kier molecular flexibility index (Phi) is 8.25. The summed E-state index contributed by atoms with van der Waals surface area (Å²) in [6, 6.07) is 0. The van der Waals surface area contributed by atoms with Crippen molar-refractivity contribution in [2.24, 2.45) is 0 Å². The maximum Gasteiger partial charge on any atom is 0.285 e. The largest absolute Gasteiger partial charge is 0.317 e. The molecule has 0 bridgehead atoms. The van der Waals surface area contributed by atoms with E-state index >= 15 is 0 Å². The second kappa shape index (κ2) is 8.22. The first-order valence-electron chi connectivity index (χ1n) is 6.17. The first kappa shape index (κ1) is 17.1. The molecule has 1 heterocycles. The summed E-state index contributed by atoms with van der Waals surface area (Å²) in [5.41, 5.74) is 0. The van der Waals surface area contributed by atoms with E-state index in [4.69, 9.17) is 0 Å². The van der Waals surface area contributed by atoms with Crippen molar-refractivity contribution < 1.29 is 4.57 Å². The van der Waals surface area contributed by atoms with Gasteiger partial charge in [-0.3, -0.25) is 4.57 Å². The lowest BCUT2D eigenvalue weighted by Gasteiger charge is -2.34. The van der Waals surface area contributed by atoms with Crippen molar-refractivity contribution in [1.82, 2.24) is 19.3 Å². The van der Waals surface area contributed by atoms with Crippen LogP contribution in [0.2, 0.25) is 0 Å². The Balaban J connectivity index is 0.000000354. The second-order valence-electron chi connectivity index (χ2n) is 4.87. The van der Waals surface area contributed by atoms with Crippen molar-refractivity contribution in [1.29, 1.82) is 0 Å². The fourth-order valence-electron chi connectivity index (χ4n) is 1.88. The van der Waals surface area contributed by atoms with Crippen molar-refractivity contribution >= 4 is 7.59 Å². The van der Waals surface area contributed by atoms with Gasteiger partial charge in [-0.25, -0.2) is 14.0 Å². The van der Waals surface area contributed by atoms with Crippen molar-refractivity contribution in [2.75, 3.05) is 55.4 Å². The first-order chi connectivity index (χ1) is 7.83. The summed E-state index contributed by atoms with van der Waals surface area (Å²) >= 11 is 0. The Hall–Kier alpha value is 0.0700. The topological polar surface area (TPSA) is 38.8 Å². The van der Waals surface area contributed by atoms with Crippen molar-refractivity contribution in [2.45, 2.75) is 19.3 Å². The Morgan fingerprint density at radius 2 is 1.12 bits per heavy atom. The lowest BCUT2D eigenvalue weighted by molar-refractivity contribution is 0.383. The lowest BCUT2D eigenvalue weighted by Crippen LogP contribution is -2.30. The van der Waals surface area contributed by atoms with E-state index in [1.165, 1.54) is 32.4 Å².